The van der Waals surface area contributed by atoms with Gasteiger partial charge in [-0.2, -0.15) is 0 Å². The third-order valence-electron chi connectivity index (χ3n) is 2.47. The van der Waals surface area contributed by atoms with Gasteiger partial charge in [0.1, 0.15) is 11.6 Å². The molecule has 0 radical (unpaired) electrons. The minimum atomic E-state index is -0.563. The molecule has 1 N–H and O–H groups in total. The summed E-state index contributed by atoms with van der Waals surface area (Å²) < 4.78 is 26.0. The summed E-state index contributed by atoms with van der Waals surface area (Å²) in [6, 6.07) is 3.57. The number of thiazole rings is 1. The lowest BCUT2D eigenvalue weighted by Crippen LogP contribution is -2.01. The molecule has 0 amide bonds. The molecule has 0 fully saturated rings. The maximum Gasteiger partial charge on any atom is 0.183 e. The molecule has 0 unspecified atom stereocenters. The van der Waals surface area contributed by atoms with E-state index in [2.05, 4.69) is 10.3 Å². The first-order chi connectivity index (χ1) is 8.06. The van der Waals surface area contributed by atoms with Crippen LogP contribution in [0.15, 0.2) is 18.2 Å². The van der Waals surface area contributed by atoms with E-state index in [1.54, 1.807) is 0 Å². The Kier molecular flexibility index (Phi) is 3.38. The number of anilines is 1. The normalized spacial score (nSPS) is 10.6. The highest BCUT2D eigenvalue weighted by molar-refractivity contribution is 7.15. The summed E-state index contributed by atoms with van der Waals surface area (Å²) in [5.41, 5.74) is 1.40. The van der Waals surface area contributed by atoms with Gasteiger partial charge in [-0.25, -0.2) is 13.8 Å². The van der Waals surface area contributed by atoms with E-state index in [0.717, 1.165) is 21.8 Å². The van der Waals surface area contributed by atoms with Crippen LogP contribution in [0.2, 0.25) is 0 Å². The van der Waals surface area contributed by atoms with Crippen molar-refractivity contribution in [3.8, 4) is 0 Å². The molecule has 0 aliphatic carbocycles. The van der Waals surface area contributed by atoms with E-state index >= 15 is 0 Å². The van der Waals surface area contributed by atoms with Gasteiger partial charge in [-0.3, -0.25) is 0 Å². The maximum atomic E-state index is 13.3. The van der Waals surface area contributed by atoms with E-state index in [1.807, 2.05) is 13.8 Å². The molecular weight excluding hydrogens is 242 g/mol. The highest BCUT2D eigenvalue weighted by Crippen LogP contribution is 2.22. The highest BCUT2D eigenvalue weighted by atomic mass is 32.1. The second-order valence-corrected chi connectivity index (χ2v) is 4.95. The second kappa shape index (κ2) is 4.79. The average molecular weight is 254 g/mol. The third kappa shape index (κ3) is 2.79. The quantitative estimate of drug-likeness (QED) is 0.904. The molecule has 1 aromatic heterocycles. The van der Waals surface area contributed by atoms with Crippen molar-refractivity contribution in [2.24, 2.45) is 0 Å². The van der Waals surface area contributed by atoms with Gasteiger partial charge in [0.25, 0.3) is 0 Å². The van der Waals surface area contributed by atoms with E-state index in [0.29, 0.717) is 12.1 Å². The van der Waals surface area contributed by atoms with Gasteiger partial charge in [-0.05, 0) is 19.9 Å². The number of hydrogen-bond acceptors (Lipinski definition) is 3. The van der Waals surface area contributed by atoms with E-state index < -0.39 is 11.6 Å². The Morgan fingerprint density at radius 3 is 2.65 bits per heavy atom. The molecule has 0 spiro atoms. The first kappa shape index (κ1) is 12.0. The van der Waals surface area contributed by atoms with Crippen molar-refractivity contribution in [3.05, 3.63) is 46.0 Å². The summed E-state index contributed by atoms with van der Waals surface area (Å²) in [5.74, 6) is -1.10. The molecule has 2 nitrogen and oxygen atoms in total. The number of nitrogens with one attached hydrogen (secondary N) is 1. The van der Waals surface area contributed by atoms with Crippen LogP contribution in [0.1, 0.15) is 16.1 Å². The number of aromatic nitrogens is 1. The summed E-state index contributed by atoms with van der Waals surface area (Å²) in [4.78, 5) is 5.41. The Hall–Kier alpha value is -1.49. The van der Waals surface area contributed by atoms with E-state index in [1.165, 1.54) is 23.5 Å². The lowest BCUT2D eigenvalue weighted by atomic mass is 10.2. The monoisotopic (exact) mass is 254 g/mol. The zero-order valence-corrected chi connectivity index (χ0v) is 10.4. The number of halogens is 2. The van der Waals surface area contributed by atoms with Crippen molar-refractivity contribution in [1.29, 1.82) is 0 Å². The number of aryl methyl sites for hydroxylation is 2. The van der Waals surface area contributed by atoms with Gasteiger partial charge in [-0.15, -0.1) is 11.3 Å². The first-order valence-corrected chi connectivity index (χ1v) is 6.00. The number of rotatable bonds is 3. The minimum absolute atomic E-state index is 0.304. The summed E-state index contributed by atoms with van der Waals surface area (Å²) in [6.45, 7) is 4.21. The minimum Gasteiger partial charge on any atom is -0.357 e. The fourth-order valence-electron chi connectivity index (χ4n) is 1.38. The molecule has 90 valence electrons. The van der Waals surface area contributed by atoms with Gasteiger partial charge in [-0.1, -0.05) is 6.07 Å². The van der Waals surface area contributed by atoms with Gasteiger partial charge >= 0.3 is 0 Å². The number of nitrogens with zero attached hydrogens (tertiary/aromatic N) is 1. The lowest BCUT2D eigenvalue weighted by Gasteiger charge is -2.04. The molecule has 1 aromatic carbocycles. The Morgan fingerprint density at radius 2 is 2.06 bits per heavy atom. The fourth-order valence-corrected chi connectivity index (χ4v) is 2.19. The SMILES string of the molecule is Cc1nc(NCc2ccc(F)cc2F)sc1C. The van der Waals surface area contributed by atoms with E-state index in [4.69, 9.17) is 0 Å². The van der Waals surface area contributed by atoms with Crippen LogP contribution in [0, 0.1) is 25.5 Å². The molecule has 2 aromatic rings. The molecule has 0 aliphatic heterocycles. The van der Waals surface area contributed by atoms with Crippen LogP contribution in [0.3, 0.4) is 0 Å². The number of benzene rings is 1. The Bertz CT molecular complexity index is 518. The van der Waals surface area contributed by atoms with Gasteiger partial charge in [0.05, 0.1) is 5.69 Å². The van der Waals surface area contributed by atoms with Gasteiger partial charge in [0.15, 0.2) is 5.13 Å². The molecule has 0 aliphatic rings. The lowest BCUT2D eigenvalue weighted by molar-refractivity contribution is 0.574. The summed E-state index contributed by atoms with van der Waals surface area (Å²) in [6.07, 6.45) is 0. The Balaban J connectivity index is 2.07. The van der Waals surface area contributed by atoms with Crippen LogP contribution in [-0.4, -0.2) is 4.98 Å². The zero-order chi connectivity index (χ0) is 12.4. The molecule has 0 bridgehead atoms. The van der Waals surface area contributed by atoms with Crippen molar-refractivity contribution in [2.75, 3.05) is 5.32 Å². The van der Waals surface area contributed by atoms with Crippen molar-refractivity contribution in [1.82, 2.24) is 4.98 Å². The zero-order valence-electron chi connectivity index (χ0n) is 9.55. The summed E-state index contributed by atoms with van der Waals surface area (Å²) in [5, 5.41) is 3.78. The van der Waals surface area contributed by atoms with Crippen LogP contribution in [0.5, 0.6) is 0 Å². The smallest absolute Gasteiger partial charge is 0.183 e. The van der Waals surface area contributed by atoms with Gasteiger partial charge < -0.3 is 5.32 Å². The molecule has 5 heteroatoms. The molecule has 0 atom stereocenters. The van der Waals surface area contributed by atoms with E-state index in [-0.39, 0.29) is 0 Å². The largest absolute Gasteiger partial charge is 0.357 e. The third-order valence-corrected chi connectivity index (χ3v) is 3.50. The Labute approximate surface area is 102 Å². The summed E-state index contributed by atoms with van der Waals surface area (Å²) in [7, 11) is 0. The molecule has 0 saturated heterocycles. The van der Waals surface area contributed by atoms with Crippen LogP contribution in [-0.2, 0) is 6.54 Å². The van der Waals surface area contributed by atoms with Crippen molar-refractivity contribution in [3.63, 3.8) is 0 Å². The topological polar surface area (TPSA) is 24.9 Å². The van der Waals surface area contributed by atoms with E-state index in [9.17, 15) is 8.78 Å². The first-order valence-electron chi connectivity index (χ1n) is 5.18. The van der Waals surface area contributed by atoms with Crippen LogP contribution in [0.4, 0.5) is 13.9 Å². The average Bonchev–Trinajstić information content (AvgIpc) is 2.57. The standard InChI is InChI=1S/C12H12F2N2S/c1-7-8(2)17-12(16-7)15-6-9-3-4-10(13)5-11(9)14/h3-5H,6H2,1-2H3,(H,15,16). The van der Waals surface area contributed by atoms with Gasteiger partial charge in [0.2, 0.25) is 0 Å². The van der Waals surface area contributed by atoms with Crippen LogP contribution in [0.25, 0.3) is 0 Å². The second-order valence-electron chi connectivity index (χ2n) is 3.75. The maximum absolute atomic E-state index is 13.3. The van der Waals surface area contributed by atoms with Crippen LogP contribution >= 0.6 is 11.3 Å². The molecule has 0 saturated carbocycles. The predicted octanol–water partition coefficient (Wildman–Crippen LogP) is 3.65. The molecular formula is C12H12F2N2S. The van der Waals surface area contributed by atoms with Gasteiger partial charge in [0, 0.05) is 23.1 Å². The number of hydrogen-bond donors (Lipinski definition) is 1. The Morgan fingerprint density at radius 1 is 1.29 bits per heavy atom. The molecule has 2 rings (SSSR count). The molecule has 17 heavy (non-hydrogen) atoms. The van der Waals surface area contributed by atoms with Crippen LogP contribution < -0.4 is 5.32 Å². The van der Waals surface area contributed by atoms with Crippen molar-refractivity contribution in [2.45, 2.75) is 20.4 Å². The fraction of sp³-hybridized carbons (Fsp3) is 0.250. The van der Waals surface area contributed by atoms with Crippen molar-refractivity contribution < 1.29 is 8.78 Å². The highest BCUT2D eigenvalue weighted by Gasteiger charge is 2.06. The predicted molar refractivity (Wildman–Crippen MR) is 65.3 cm³/mol. The summed E-state index contributed by atoms with van der Waals surface area (Å²) >= 11 is 1.52. The molecule has 1 heterocycles. The van der Waals surface area contributed by atoms with Crippen molar-refractivity contribution >= 4 is 16.5 Å².